The summed E-state index contributed by atoms with van der Waals surface area (Å²) in [6.07, 6.45) is 7.02. The molecule has 0 aliphatic heterocycles. The zero-order valence-corrected chi connectivity index (χ0v) is 12.4. The number of methoxy groups -OCH3 is 1. The van der Waals surface area contributed by atoms with E-state index in [0.29, 0.717) is 16.9 Å². The van der Waals surface area contributed by atoms with Crippen LogP contribution in [0.2, 0.25) is 5.02 Å². The third kappa shape index (κ3) is 3.92. The number of likely N-dealkylation sites (N-methyl/N-ethyl adjacent to an activating group) is 1. The lowest BCUT2D eigenvalue weighted by atomic mass is 10.0. The van der Waals surface area contributed by atoms with Crippen molar-refractivity contribution >= 4 is 11.6 Å². The highest BCUT2D eigenvalue weighted by Gasteiger charge is 2.11. The Hall–Kier alpha value is -1.65. The highest BCUT2D eigenvalue weighted by atomic mass is 35.5. The number of nitrogens with one attached hydrogen (secondary N) is 1. The van der Waals surface area contributed by atoms with Crippen LogP contribution in [-0.4, -0.2) is 30.2 Å². The predicted molar refractivity (Wildman–Crippen MR) is 80.3 cm³/mol. The number of hydrogen-bond acceptors (Lipinski definition) is 4. The maximum Gasteiger partial charge on any atom is 0.212 e. The first-order valence-electron chi connectivity index (χ1n) is 6.47. The van der Waals surface area contributed by atoms with Crippen LogP contribution in [0.5, 0.6) is 5.88 Å². The quantitative estimate of drug-likeness (QED) is 0.888. The van der Waals surface area contributed by atoms with Crippen molar-refractivity contribution in [2.45, 2.75) is 18.9 Å². The van der Waals surface area contributed by atoms with E-state index in [2.05, 4.69) is 15.3 Å². The standard InChI is InChI=1S/C15H18ClN3O/c1-17-13(8-12-5-6-18-10-14(12)16)7-11-3-4-15(20-2)19-9-11/h3-6,9-10,13,17H,7-8H2,1-2H3. The predicted octanol–water partition coefficient (Wildman–Crippen LogP) is 2.51. The zero-order valence-electron chi connectivity index (χ0n) is 11.6. The number of nitrogens with zero attached hydrogens (tertiary/aromatic N) is 2. The van der Waals surface area contributed by atoms with Crippen LogP contribution >= 0.6 is 11.6 Å². The van der Waals surface area contributed by atoms with Gasteiger partial charge in [-0.2, -0.15) is 0 Å². The first-order chi connectivity index (χ1) is 9.72. The lowest BCUT2D eigenvalue weighted by Gasteiger charge is -2.17. The Kier molecular flexibility index (Phi) is 5.32. The van der Waals surface area contributed by atoms with E-state index in [4.69, 9.17) is 16.3 Å². The van der Waals surface area contributed by atoms with Crippen molar-refractivity contribution in [1.29, 1.82) is 0 Å². The fourth-order valence-electron chi connectivity index (χ4n) is 2.05. The van der Waals surface area contributed by atoms with E-state index in [1.54, 1.807) is 19.5 Å². The fraction of sp³-hybridized carbons (Fsp3) is 0.333. The minimum atomic E-state index is 0.296. The maximum absolute atomic E-state index is 6.15. The van der Waals surface area contributed by atoms with Crippen molar-refractivity contribution in [3.05, 3.63) is 52.9 Å². The summed E-state index contributed by atoms with van der Waals surface area (Å²) < 4.78 is 5.06. The van der Waals surface area contributed by atoms with Gasteiger partial charge in [-0.3, -0.25) is 4.98 Å². The van der Waals surface area contributed by atoms with Gasteiger partial charge < -0.3 is 10.1 Å². The first-order valence-corrected chi connectivity index (χ1v) is 6.85. The van der Waals surface area contributed by atoms with Gasteiger partial charge in [0.1, 0.15) is 0 Å². The van der Waals surface area contributed by atoms with E-state index in [9.17, 15) is 0 Å². The topological polar surface area (TPSA) is 47.0 Å². The molecule has 106 valence electrons. The van der Waals surface area contributed by atoms with Crippen molar-refractivity contribution in [3.8, 4) is 5.88 Å². The van der Waals surface area contributed by atoms with Crippen molar-refractivity contribution in [2.75, 3.05) is 14.2 Å². The van der Waals surface area contributed by atoms with Crippen LogP contribution in [0.4, 0.5) is 0 Å². The van der Waals surface area contributed by atoms with E-state index in [1.807, 2.05) is 31.4 Å². The first kappa shape index (κ1) is 14.8. The Labute approximate surface area is 124 Å². The molecule has 2 rings (SSSR count). The second kappa shape index (κ2) is 7.22. The molecule has 0 fully saturated rings. The van der Waals surface area contributed by atoms with Crippen LogP contribution in [0.25, 0.3) is 0 Å². The van der Waals surface area contributed by atoms with E-state index in [0.717, 1.165) is 24.0 Å². The molecule has 0 bridgehead atoms. The summed E-state index contributed by atoms with van der Waals surface area (Å²) >= 11 is 6.15. The van der Waals surface area contributed by atoms with Gasteiger partial charge in [-0.25, -0.2) is 4.98 Å². The average molecular weight is 292 g/mol. The molecule has 0 radical (unpaired) electrons. The Balaban J connectivity index is 2.03. The van der Waals surface area contributed by atoms with E-state index in [-0.39, 0.29) is 0 Å². The van der Waals surface area contributed by atoms with Crippen molar-refractivity contribution < 1.29 is 4.74 Å². The van der Waals surface area contributed by atoms with Gasteiger partial charge in [0.25, 0.3) is 0 Å². The highest BCUT2D eigenvalue weighted by molar-refractivity contribution is 6.31. The van der Waals surface area contributed by atoms with Crippen LogP contribution in [0.15, 0.2) is 36.8 Å². The van der Waals surface area contributed by atoms with Gasteiger partial charge in [-0.1, -0.05) is 17.7 Å². The molecule has 2 heterocycles. The average Bonchev–Trinajstić information content (AvgIpc) is 2.49. The number of ether oxygens (including phenoxy) is 1. The largest absolute Gasteiger partial charge is 0.481 e. The van der Waals surface area contributed by atoms with Gasteiger partial charge >= 0.3 is 0 Å². The Morgan fingerprint density at radius 2 is 2.10 bits per heavy atom. The van der Waals surface area contributed by atoms with Crippen molar-refractivity contribution in [2.24, 2.45) is 0 Å². The summed E-state index contributed by atoms with van der Waals surface area (Å²) in [5.74, 6) is 0.631. The van der Waals surface area contributed by atoms with Gasteiger partial charge in [-0.05, 0) is 37.1 Å². The number of pyridine rings is 2. The maximum atomic E-state index is 6.15. The Morgan fingerprint density at radius 1 is 1.25 bits per heavy atom. The Bertz CT molecular complexity index is 545. The molecule has 1 atom stereocenters. The van der Waals surface area contributed by atoms with E-state index < -0.39 is 0 Å². The summed E-state index contributed by atoms with van der Waals surface area (Å²) in [6, 6.07) is 6.16. The molecule has 2 aromatic rings. The third-order valence-electron chi connectivity index (χ3n) is 3.22. The normalized spacial score (nSPS) is 12.2. The van der Waals surface area contributed by atoms with Gasteiger partial charge in [0.05, 0.1) is 12.1 Å². The fourth-order valence-corrected chi connectivity index (χ4v) is 2.24. The minimum absolute atomic E-state index is 0.296. The molecule has 20 heavy (non-hydrogen) atoms. The van der Waals surface area contributed by atoms with Crippen LogP contribution < -0.4 is 10.1 Å². The summed E-state index contributed by atoms with van der Waals surface area (Å²) in [7, 11) is 3.57. The second-order valence-electron chi connectivity index (χ2n) is 4.57. The zero-order chi connectivity index (χ0) is 14.4. The van der Waals surface area contributed by atoms with Crippen LogP contribution in [0.3, 0.4) is 0 Å². The summed E-state index contributed by atoms with van der Waals surface area (Å²) in [5, 5.41) is 4.03. The molecule has 5 heteroatoms. The molecule has 4 nitrogen and oxygen atoms in total. The summed E-state index contributed by atoms with van der Waals surface area (Å²) in [5.41, 5.74) is 2.26. The molecule has 0 amide bonds. The summed E-state index contributed by atoms with van der Waals surface area (Å²) in [4.78, 5) is 8.23. The summed E-state index contributed by atoms with van der Waals surface area (Å²) in [6.45, 7) is 0. The van der Waals surface area contributed by atoms with Gasteiger partial charge in [0.2, 0.25) is 5.88 Å². The van der Waals surface area contributed by atoms with Crippen molar-refractivity contribution in [1.82, 2.24) is 15.3 Å². The van der Waals surface area contributed by atoms with E-state index in [1.165, 1.54) is 0 Å². The van der Waals surface area contributed by atoms with Crippen molar-refractivity contribution in [3.63, 3.8) is 0 Å². The minimum Gasteiger partial charge on any atom is -0.481 e. The number of hydrogen-bond donors (Lipinski definition) is 1. The SMILES string of the molecule is CNC(Cc1ccc(OC)nc1)Cc1ccncc1Cl. The molecule has 1 unspecified atom stereocenters. The molecule has 1 N–H and O–H groups in total. The second-order valence-corrected chi connectivity index (χ2v) is 4.98. The highest BCUT2D eigenvalue weighted by Crippen LogP contribution is 2.17. The van der Waals surface area contributed by atoms with Crippen LogP contribution in [-0.2, 0) is 12.8 Å². The molecular formula is C15H18ClN3O. The van der Waals surface area contributed by atoms with E-state index >= 15 is 0 Å². The lowest BCUT2D eigenvalue weighted by molar-refractivity contribution is 0.397. The number of halogens is 1. The molecule has 0 aliphatic carbocycles. The van der Waals surface area contributed by atoms with Gasteiger partial charge in [0.15, 0.2) is 0 Å². The lowest BCUT2D eigenvalue weighted by Crippen LogP contribution is -2.30. The van der Waals surface area contributed by atoms with Crippen LogP contribution in [0, 0.1) is 0 Å². The smallest absolute Gasteiger partial charge is 0.212 e. The molecule has 0 saturated heterocycles. The number of rotatable bonds is 6. The molecule has 2 aromatic heterocycles. The monoisotopic (exact) mass is 291 g/mol. The van der Waals surface area contributed by atoms with Gasteiger partial charge in [-0.15, -0.1) is 0 Å². The van der Waals surface area contributed by atoms with Crippen LogP contribution in [0.1, 0.15) is 11.1 Å². The third-order valence-corrected chi connectivity index (χ3v) is 3.56. The molecule has 0 aromatic carbocycles. The molecule has 0 aliphatic rings. The molecule has 0 saturated carbocycles. The molecular weight excluding hydrogens is 274 g/mol. The Morgan fingerprint density at radius 3 is 2.70 bits per heavy atom. The molecule has 0 spiro atoms. The number of aromatic nitrogens is 2. The van der Waals surface area contributed by atoms with Gasteiger partial charge in [0, 0.05) is 30.7 Å².